The van der Waals surface area contributed by atoms with Crippen LogP contribution in [0.4, 0.5) is 18.9 Å². The van der Waals surface area contributed by atoms with Crippen molar-refractivity contribution in [2.24, 2.45) is 5.92 Å². The highest BCUT2D eigenvalue weighted by atomic mass is 35.5. The third kappa shape index (κ3) is 5.23. The Labute approximate surface area is 127 Å². The van der Waals surface area contributed by atoms with Gasteiger partial charge in [-0.05, 0) is 31.0 Å². The van der Waals surface area contributed by atoms with Gasteiger partial charge in [-0.3, -0.25) is 4.79 Å². The molecule has 0 saturated heterocycles. The lowest BCUT2D eigenvalue weighted by atomic mass is 9.98. The van der Waals surface area contributed by atoms with Crippen molar-refractivity contribution in [3.63, 3.8) is 0 Å². The first-order chi connectivity index (χ1) is 9.79. The molecule has 0 aliphatic carbocycles. The standard InChI is InChI=1S/C15H19ClF3NO/c1-3-5-6-10(4-2)14(21)20-11-7-8-13(16)12(9-11)15(17,18)19/h7-10H,3-6H2,1-2H3,(H,20,21). The molecule has 0 bridgehead atoms. The fourth-order valence-corrected chi connectivity index (χ4v) is 2.26. The van der Waals surface area contributed by atoms with Crippen LogP contribution in [-0.4, -0.2) is 5.91 Å². The summed E-state index contributed by atoms with van der Waals surface area (Å²) in [5, 5.41) is 2.17. The van der Waals surface area contributed by atoms with Crippen LogP contribution in [0.25, 0.3) is 0 Å². The summed E-state index contributed by atoms with van der Waals surface area (Å²) in [6.45, 7) is 3.92. The molecule has 0 aliphatic rings. The monoisotopic (exact) mass is 321 g/mol. The predicted molar refractivity (Wildman–Crippen MR) is 78.4 cm³/mol. The summed E-state index contributed by atoms with van der Waals surface area (Å²) in [5.74, 6) is -0.434. The predicted octanol–water partition coefficient (Wildman–Crippen LogP) is 5.51. The van der Waals surface area contributed by atoms with E-state index in [1.807, 2.05) is 13.8 Å². The van der Waals surface area contributed by atoms with E-state index >= 15 is 0 Å². The van der Waals surface area contributed by atoms with E-state index in [0.717, 1.165) is 31.4 Å². The Kier molecular flexibility index (Phi) is 6.52. The molecule has 0 spiro atoms. The molecular weight excluding hydrogens is 303 g/mol. The normalized spacial score (nSPS) is 13.0. The van der Waals surface area contributed by atoms with Crippen molar-refractivity contribution in [3.05, 3.63) is 28.8 Å². The van der Waals surface area contributed by atoms with Gasteiger partial charge in [0.2, 0.25) is 5.91 Å². The van der Waals surface area contributed by atoms with Gasteiger partial charge in [-0.25, -0.2) is 0 Å². The molecule has 0 aliphatic heterocycles. The fraction of sp³-hybridized carbons (Fsp3) is 0.533. The molecule has 1 unspecified atom stereocenters. The van der Waals surface area contributed by atoms with Gasteiger partial charge in [0.15, 0.2) is 0 Å². The molecule has 1 aromatic rings. The number of unbranched alkanes of at least 4 members (excludes halogenated alkanes) is 1. The average molecular weight is 322 g/mol. The van der Waals surface area contributed by atoms with E-state index in [1.54, 1.807) is 0 Å². The summed E-state index contributed by atoms with van der Waals surface area (Å²) in [5.41, 5.74) is -0.824. The lowest BCUT2D eigenvalue weighted by Crippen LogP contribution is -2.22. The number of hydrogen-bond acceptors (Lipinski definition) is 1. The van der Waals surface area contributed by atoms with Crippen LogP contribution in [0.1, 0.15) is 45.1 Å². The molecule has 1 atom stereocenters. The highest BCUT2D eigenvalue weighted by Crippen LogP contribution is 2.36. The Morgan fingerprint density at radius 3 is 2.52 bits per heavy atom. The number of carbonyl (C=O) groups excluding carboxylic acids is 1. The minimum atomic E-state index is -4.54. The fourth-order valence-electron chi connectivity index (χ4n) is 2.04. The SMILES string of the molecule is CCCCC(CC)C(=O)Nc1ccc(Cl)c(C(F)(F)F)c1. The Balaban J connectivity index is 2.85. The summed E-state index contributed by atoms with van der Waals surface area (Å²) in [6, 6.07) is 3.39. The first-order valence-electron chi connectivity index (χ1n) is 6.97. The maximum Gasteiger partial charge on any atom is 0.417 e. The molecule has 118 valence electrons. The van der Waals surface area contributed by atoms with Crippen LogP contribution in [0.3, 0.4) is 0 Å². The second-order valence-electron chi connectivity index (χ2n) is 4.93. The number of halogens is 4. The number of hydrogen-bond donors (Lipinski definition) is 1. The summed E-state index contributed by atoms with van der Waals surface area (Å²) >= 11 is 5.54. The molecule has 0 radical (unpaired) electrons. The molecule has 21 heavy (non-hydrogen) atoms. The first-order valence-corrected chi connectivity index (χ1v) is 7.35. The molecular formula is C15H19ClF3NO. The zero-order valence-electron chi connectivity index (χ0n) is 12.1. The molecule has 0 saturated carbocycles. The second-order valence-corrected chi connectivity index (χ2v) is 5.34. The largest absolute Gasteiger partial charge is 0.417 e. The van der Waals surface area contributed by atoms with Crippen molar-refractivity contribution < 1.29 is 18.0 Å². The van der Waals surface area contributed by atoms with Crippen LogP contribution < -0.4 is 5.32 Å². The van der Waals surface area contributed by atoms with E-state index in [4.69, 9.17) is 11.6 Å². The third-order valence-electron chi connectivity index (χ3n) is 3.31. The number of anilines is 1. The quantitative estimate of drug-likeness (QED) is 0.735. The summed E-state index contributed by atoms with van der Waals surface area (Å²) in [7, 11) is 0. The smallest absolute Gasteiger partial charge is 0.326 e. The Hall–Kier alpha value is -1.23. The van der Waals surface area contributed by atoms with E-state index in [-0.39, 0.29) is 22.5 Å². The van der Waals surface area contributed by atoms with E-state index in [9.17, 15) is 18.0 Å². The molecule has 1 amide bonds. The number of benzene rings is 1. The lowest BCUT2D eigenvalue weighted by molar-refractivity contribution is -0.137. The lowest BCUT2D eigenvalue weighted by Gasteiger charge is -2.16. The molecule has 0 fully saturated rings. The van der Waals surface area contributed by atoms with Gasteiger partial charge < -0.3 is 5.32 Å². The zero-order valence-corrected chi connectivity index (χ0v) is 12.8. The van der Waals surface area contributed by atoms with Crippen LogP contribution in [0.15, 0.2) is 18.2 Å². The van der Waals surface area contributed by atoms with Crippen molar-refractivity contribution in [1.82, 2.24) is 0 Å². The van der Waals surface area contributed by atoms with Crippen LogP contribution in [0.2, 0.25) is 5.02 Å². The van der Waals surface area contributed by atoms with Gasteiger partial charge >= 0.3 is 6.18 Å². The number of amides is 1. The van der Waals surface area contributed by atoms with Crippen molar-refractivity contribution in [1.29, 1.82) is 0 Å². The Morgan fingerprint density at radius 1 is 1.33 bits per heavy atom. The summed E-state index contributed by atoms with van der Waals surface area (Å²) in [6.07, 6.45) is -1.25. The van der Waals surface area contributed by atoms with Crippen molar-refractivity contribution >= 4 is 23.2 Å². The zero-order chi connectivity index (χ0) is 16.0. The number of rotatable bonds is 6. The first kappa shape index (κ1) is 17.8. The van der Waals surface area contributed by atoms with Gasteiger partial charge in [-0.2, -0.15) is 13.2 Å². The molecule has 1 N–H and O–H groups in total. The minimum Gasteiger partial charge on any atom is -0.326 e. The molecule has 0 aromatic heterocycles. The summed E-state index contributed by atoms with van der Waals surface area (Å²) < 4.78 is 38.3. The van der Waals surface area contributed by atoms with Crippen LogP contribution in [-0.2, 0) is 11.0 Å². The summed E-state index contributed by atoms with van der Waals surface area (Å²) in [4.78, 5) is 12.1. The Morgan fingerprint density at radius 2 is 2.00 bits per heavy atom. The van der Waals surface area contributed by atoms with Crippen LogP contribution >= 0.6 is 11.6 Å². The van der Waals surface area contributed by atoms with Crippen LogP contribution in [0.5, 0.6) is 0 Å². The Bertz CT molecular complexity index is 488. The maximum atomic E-state index is 12.8. The third-order valence-corrected chi connectivity index (χ3v) is 3.64. The molecule has 1 aromatic carbocycles. The van der Waals surface area contributed by atoms with Gasteiger partial charge in [0, 0.05) is 11.6 Å². The molecule has 2 nitrogen and oxygen atoms in total. The van der Waals surface area contributed by atoms with E-state index in [1.165, 1.54) is 6.07 Å². The highest BCUT2D eigenvalue weighted by molar-refractivity contribution is 6.31. The number of alkyl halides is 3. The topological polar surface area (TPSA) is 29.1 Å². The van der Waals surface area contributed by atoms with E-state index in [2.05, 4.69) is 5.32 Å². The number of nitrogens with one attached hydrogen (secondary N) is 1. The van der Waals surface area contributed by atoms with Crippen LogP contribution in [0, 0.1) is 5.92 Å². The highest BCUT2D eigenvalue weighted by Gasteiger charge is 2.33. The number of carbonyl (C=O) groups is 1. The van der Waals surface area contributed by atoms with Gasteiger partial charge in [0.1, 0.15) is 0 Å². The van der Waals surface area contributed by atoms with E-state index < -0.39 is 11.7 Å². The van der Waals surface area contributed by atoms with Gasteiger partial charge in [-0.1, -0.05) is 38.3 Å². The van der Waals surface area contributed by atoms with Gasteiger partial charge in [-0.15, -0.1) is 0 Å². The maximum absolute atomic E-state index is 12.8. The molecule has 1 rings (SSSR count). The molecule has 6 heteroatoms. The van der Waals surface area contributed by atoms with Crippen molar-refractivity contribution in [2.45, 2.75) is 45.7 Å². The van der Waals surface area contributed by atoms with Gasteiger partial charge in [0.25, 0.3) is 0 Å². The van der Waals surface area contributed by atoms with Gasteiger partial charge in [0.05, 0.1) is 10.6 Å². The minimum absolute atomic E-state index is 0.117. The van der Waals surface area contributed by atoms with Crippen molar-refractivity contribution in [3.8, 4) is 0 Å². The van der Waals surface area contributed by atoms with Crippen molar-refractivity contribution in [2.75, 3.05) is 5.32 Å². The average Bonchev–Trinajstić information content (AvgIpc) is 2.40. The molecule has 0 heterocycles. The second kappa shape index (κ2) is 7.69. The van der Waals surface area contributed by atoms with E-state index in [0.29, 0.717) is 6.42 Å².